The van der Waals surface area contributed by atoms with Crippen LogP contribution in [-0.2, 0) is 11.3 Å². The molecule has 0 radical (unpaired) electrons. The number of hydrogen-bond donors (Lipinski definition) is 2. The van der Waals surface area contributed by atoms with Crippen molar-refractivity contribution in [3.05, 3.63) is 64.6 Å². The minimum Gasteiger partial charge on any atom is -0.490 e. The van der Waals surface area contributed by atoms with Gasteiger partial charge in [-0.25, -0.2) is 4.68 Å². The molecule has 9 nitrogen and oxygen atoms in total. The number of hydrogen-bond acceptors (Lipinski definition) is 6. The maximum absolute atomic E-state index is 12.6. The summed E-state index contributed by atoms with van der Waals surface area (Å²) in [4.78, 5) is 37.1. The van der Waals surface area contributed by atoms with Crippen molar-refractivity contribution < 1.29 is 19.1 Å². The van der Waals surface area contributed by atoms with Crippen LogP contribution in [-0.4, -0.2) is 34.8 Å². The van der Waals surface area contributed by atoms with Crippen LogP contribution in [0, 0.1) is 0 Å². The highest BCUT2D eigenvalue weighted by Gasteiger charge is 2.16. The first-order valence-corrected chi connectivity index (χ1v) is 10.5. The molecule has 32 heavy (non-hydrogen) atoms. The van der Waals surface area contributed by atoms with E-state index in [1.165, 1.54) is 4.68 Å². The Morgan fingerprint density at radius 1 is 0.938 bits per heavy atom. The van der Waals surface area contributed by atoms with Gasteiger partial charge in [0.2, 0.25) is 5.91 Å². The molecule has 0 aliphatic rings. The number of fused-ring (bicyclic) bond motifs is 1. The molecule has 168 valence electrons. The van der Waals surface area contributed by atoms with E-state index in [0.717, 1.165) is 0 Å². The van der Waals surface area contributed by atoms with Crippen molar-refractivity contribution in [1.29, 1.82) is 0 Å². The van der Waals surface area contributed by atoms with Gasteiger partial charge < -0.3 is 9.47 Å². The fourth-order valence-electron chi connectivity index (χ4n) is 3.12. The zero-order valence-corrected chi connectivity index (χ0v) is 18.1. The van der Waals surface area contributed by atoms with E-state index in [-0.39, 0.29) is 23.6 Å². The topological polar surface area (TPSA) is 112 Å². The van der Waals surface area contributed by atoms with Crippen molar-refractivity contribution in [3.8, 4) is 11.5 Å². The number of nitrogens with one attached hydrogen (secondary N) is 2. The molecule has 0 atom stereocenters. The summed E-state index contributed by atoms with van der Waals surface area (Å²) in [6.45, 7) is 4.83. The van der Waals surface area contributed by atoms with E-state index in [9.17, 15) is 14.4 Å². The number of carbonyl (C=O) groups is 2. The Bertz CT molecular complexity index is 1160. The van der Waals surface area contributed by atoms with Crippen molar-refractivity contribution >= 4 is 22.6 Å². The number of rotatable bonds is 9. The maximum atomic E-state index is 12.6. The van der Waals surface area contributed by atoms with Crippen molar-refractivity contribution in [2.75, 3.05) is 13.2 Å². The highest BCUT2D eigenvalue weighted by atomic mass is 16.5. The standard InChI is InChI=1S/C23H26N4O5/c1-3-27-23(30)17-11-6-5-10-16(17)21(26-27)22(29)25-24-20(28)14-9-15-32-19-13-8-7-12-18(19)31-4-2/h5-8,10-13H,3-4,9,14-15H2,1-2H3,(H,24,28)(H,25,29). The molecular formula is C23H26N4O5. The highest BCUT2D eigenvalue weighted by Crippen LogP contribution is 2.26. The van der Waals surface area contributed by atoms with Gasteiger partial charge in [0.25, 0.3) is 11.5 Å². The predicted molar refractivity (Wildman–Crippen MR) is 120 cm³/mol. The Morgan fingerprint density at radius 3 is 2.28 bits per heavy atom. The van der Waals surface area contributed by atoms with E-state index < -0.39 is 5.91 Å². The van der Waals surface area contributed by atoms with Crippen LogP contribution in [0.2, 0.25) is 0 Å². The minimum atomic E-state index is -0.598. The van der Waals surface area contributed by atoms with Crippen LogP contribution >= 0.6 is 0 Å². The molecule has 3 rings (SSSR count). The molecule has 2 aromatic carbocycles. The zero-order chi connectivity index (χ0) is 22.9. The van der Waals surface area contributed by atoms with Crippen LogP contribution < -0.4 is 25.9 Å². The van der Waals surface area contributed by atoms with Gasteiger partial charge in [-0.15, -0.1) is 0 Å². The monoisotopic (exact) mass is 438 g/mol. The Morgan fingerprint density at radius 2 is 1.59 bits per heavy atom. The van der Waals surface area contributed by atoms with Gasteiger partial charge in [-0.05, 0) is 38.5 Å². The second kappa shape index (κ2) is 10.9. The van der Waals surface area contributed by atoms with Crippen LogP contribution in [0.15, 0.2) is 53.3 Å². The van der Waals surface area contributed by atoms with Crippen LogP contribution in [0.3, 0.4) is 0 Å². The van der Waals surface area contributed by atoms with E-state index >= 15 is 0 Å². The molecular weight excluding hydrogens is 412 g/mol. The molecule has 9 heteroatoms. The first kappa shape index (κ1) is 22.8. The summed E-state index contributed by atoms with van der Waals surface area (Å²) in [6, 6.07) is 14.1. The van der Waals surface area contributed by atoms with Gasteiger partial charge in [0, 0.05) is 18.4 Å². The van der Waals surface area contributed by atoms with Gasteiger partial charge in [-0.2, -0.15) is 5.10 Å². The van der Waals surface area contributed by atoms with Crippen LogP contribution in [0.25, 0.3) is 10.8 Å². The number of aryl methyl sites for hydroxylation is 1. The maximum Gasteiger partial charge on any atom is 0.290 e. The lowest BCUT2D eigenvalue weighted by Gasteiger charge is -2.12. The van der Waals surface area contributed by atoms with Crippen LogP contribution in [0.1, 0.15) is 37.2 Å². The fraction of sp³-hybridized carbons (Fsp3) is 0.304. The molecule has 1 heterocycles. The molecule has 0 aliphatic carbocycles. The van der Waals surface area contributed by atoms with Gasteiger partial charge in [-0.3, -0.25) is 25.2 Å². The number of para-hydroxylation sites is 2. The van der Waals surface area contributed by atoms with Crippen molar-refractivity contribution in [2.45, 2.75) is 33.2 Å². The molecule has 0 fully saturated rings. The third kappa shape index (κ3) is 5.42. The average Bonchev–Trinajstić information content (AvgIpc) is 2.82. The smallest absolute Gasteiger partial charge is 0.290 e. The summed E-state index contributed by atoms with van der Waals surface area (Å²) in [5, 5.41) is 4.96. The van der Waals surface area contributed by atoms with E-state index in [4.69, 9.17) is 9.47 Å². The fourth-order valence-corrected chi connectivity index (χ4v) is 3.12. The van der Waals surface area contributed by atoms with E-state index in [2.05, 4.69) is 16.0 Å². The van der Waals surface area contributed by atoms with Crippen molar-refractivity contribution in [3.63, 3.8) is 0 Å². The lowest BCUT2D eigenvalue weighted by atomic mass is 10.1. The van der Waals surface area contributed by atoms with Gasteiger partial charge in [0.05, 0.1) is 18.6 Å². The summed E-state index contributed by atoms with van der Waals surface area (Å²) in [7, 11) is 0. The quantitative estimate of drug-likeness (QED) is 0.392. The predicted octanol–water partition coefficient (Wildman–Crippen LogP) is 2.44. The Hall–Kier alpha value is -3.88. The molecule has 2 amide bonds. The largest absolute Gasteiger partial charge is 0.490 e. The SMILES string of the molecule is CCOc1ccccc1OCCCC(=O)NNC(=O)c1nn(CC)c(=O)c2ccccc12. The second-order valence-corrected chi connectivity index (χ2v) is 6.85. The summed E-state index contributed by atoms with van der Waals surface area (Å²) < 4.78 is 12.4. The highest BCUT2D eigenvalue weighted by molar-refractivity contribution is 6.05. The molecule has 3 aromatic rings. The van der Waals surface area contributed by atoms with Crippen LogP contribution in [0.5, 0.6) is 11.5 Å². The Kier molecular flexibility index (Phi) is 7.80. The minimum absolute atomic E-state index is 0.0678. The molecule has 0 saturated carbocycles. The molecule has 2 N–H and O–H groups in total. The molecule has 0 saturated heterocycles. The van der Waals surface area contributed by atoms with Gasteiger partial charge in [-0.1, -0.05) is 30.3 Å². The van der Waals surface area contributed by atoms with E-state index in [1.54, 1.807) is 37.3 Å². The lowest BCUT2D eigenvalue weighted by molar-refractivity contribution is -0.122. The molecule has 1 aromatic heterocycles. The number of benzene rings is 2. The van der Waals surface area contributed by atoms with Gasteiger partial charge in [0.1, 0.15) is 0 Å². The zero-order valence-electron chi connectivity index (χ0n) is 18.1. The molecule has 0 aliphatic heterocycles. The molecule has 0 unspecified atom stereocenters. The lowest BCUT2D eigenvalue weighted by Crippen LogP contribution is -2.42. The van der Waals surface area contributed by atoms with E-state index in [1.807, 2.05) is 25.1 Å². The van der Waals surface area contributed by atoms with Gasteiger partial charge >= 0.3 is 0 Å². The van der Waals surface area contributed by atoms with Crippen LogP contribution in [0.4, 0.5) is 0 Å². The molecule has 0 bridgehead atoms. The number of ether oxygens (including phenoxy) is 2. The summed E-state index contributed by atoms with van der Waals surface area (Å²) in [5.74, 6) is 0.304. The number of nitrogens with zero attached hydrogens (tertiary/aromatic N) is 2. The third-order valence-electron chi connectivity index (χ3n) is 4.65. The van der Waals surface area contributed by atoms with E-state index in [0.29, 0.717) is 48.5 Å². The normalized spacial score (nSPS) is 10.6. The second-order valence-electron chi connectivity index (χ2n) is 6.85. The Balaban J connectivity index is 1.53. The number of aromatic nitrogens is 2. The average molecular weight is 438 g/mol. The van der Waals surface area contributed by atoms with Crippen molar-refractivity contribution in [2.24, 2.45) is 0 Å². The first-order valence-electron chi connectivity index (χ1n) is 10.5. The number of amides is 2. The van der Waals surface area contributed by atoms with Crippen molar-refractivity contribution in [1.82, 2.24) is 20.6 Å². The summed E-state index contributed by atoms with van der Waals surface area (Å²) in [6.07, 6.45) is 0.601. The Labute approximate surface area is 185 Å². The summed E-state index contributed by atoms with van der Waals surface area (Å²) in [5.41, 5.74) is 4.55. The molecule has 0 spiro atoms. The first-order chi connectivity index (χ1) is 15.5. The number of carbonyl (C=O) groups excluding carboxylic acids is 2. The number of hydrazine groups is 1. The van der Waals surface area contributed by atoms with Gasteiger partial charge in [0.15, 0.2) is 17.2 Å². The summed E-state index contributed by atoms with van der Waals surface area (Å²) >= 11 is 0. The third-order valence-corrected chi connectivity index (χ3v) is 4.65.